The fraction of sp³-hybridized carbons (Fsp3) is 0.538. The Morgan fingerprint density at radius 1 is 1.33 bits per heavy atom. The highest BCUT2D eigenvalue weighted by molar-refractivity contribution is 7.92. The van der Waals surface area contributed by atoms with Crippen LogP contribution in [0.25, 0.3) is 0 Å². The first kappa shape index (κ1) is 13.4. The number of para-hydroxylation sites is 1. The Bertz CT molecular complexity index is 526. The first-order chi connectivity index (χ1) is 8.38. The Morgan fingerprint density at radius 3 is 2.61 bits per heavy atom. The number of fused-ring (bicyclic) bond motifs is 1. The maximum absolute atomic E-state index is 11.9. The highest BCUT2D eigenvalue weighted by Gasteiger charge is 2.29. The molecule has 0 bridgehead atoms. The van der Waals surface area contributed by atoms with Crippen molar-refractivity contribution in [1.82, 2.24) is 4.90 Å². The van der Waals surface area contributed by atoms with E-state index in [-0.39, 0.29) is 0 Å². The van der Waals surface area contributed by atoms with Crippen molar-refractivity contribution in [2.45, 2.75) is 6.42 Å². The molecule has 1 aliphatic rings. The molecule has 1 heterocycles. The first-order valence-electron chi connectivity index (χ1n) is 6.08. The van der Waals surface area contributed by atoms with Crippen LogP contribution in [0.5, 0.6) is 0 Å². The smallest absolute Gasteiger partial charge is 0.232 e. The van der Waals surface area contributed by atoms with E-state index in [1.165, 1.54) is 6.26 Å². The minimum absolute atomic E-state index is 0.352. The second-order valence-electron chi connectivity index (χ2n) is 5.26. The fourth-order valence-electron chi connectivity index (χ4n) is 2.59. The average Bonchev–Trinajstić information content (AvgIpc) is 2.25. The van der Waals surface area contributed by atoms with Gasteiger partial charge in [-0.1, -0.05) is 18.2 Å². The molecule has 1 unspecified atom stereocenters. The van der Waals surface area contributed by atoms with Crippen LogP contribution in [0.1, 0.15) is 5.56 Å². The van der Waals surface area contributed by atoms with Crippen LogP contribution in [0.3, 0.4) is 0 Å². The number of anilines is 1. The summed E-state index contributed by atoms with van der Waals surface area (Å²) in [7, 11) is 0.845. The van der Waals surface area contributed by atoms with Crippen LogP contribution >= 0.6 is 0 Å². The number of rotatable bonds is 3. The molecule has 0 aliphatic carbocycles. The summed E-state index contributed by atoms with van der Waals surface area (Å²) in [6.07, 6.45) is 2.22. The van der Waals surface area contributed by atoms with Crippen molar-refractivity contribution >= 4 is 15.7 Å². The highest BCUT2D eigenvalue weighted by atomic mass is 32.2. The lowest BCUT2D eigenvalue weighted by molar-refractivity contribution is 0.323. The highest BCUT2D eigenvalue weighted by Crippen LogP contribution is 2.31. The van der Waals surface area contributed by atoms with Crippen molar-refractivity contribution in [3.05, 3.63) is 29.8 Å². The van der Waals surface area contributed by atoms with Gasteiger partial charge in [0.05, 0.1) is 11.9 Å². The molecule has 4 nitrogen and oxygen atoms in total. The number of nitrogens with zero attached hydrogens (tertiary/aromatic N) is 2. The molecule has 18 heavy (non-hydrogen) atoms. The van der Waals surface area contributed by atoms with Crippen molar-refractivity contribution < 1.29 is 8.42 Å². The Balaban J connectivity index is 2.36. The Morgan fingerprint density at radius 2 is 2.00 bits per heavy atom. The normalized spacial score (nSPS) is 20.0. The lowest BCUT2D eigenvalue weighted by Gasteiger charge is -2.35. The quantitative estimate of drug-likeness (QED) is 0.827. The summed E-state index contributed by atoms with van der Waals surface area (Å²) < 4.78 is 25.3. The van der Waals surface area contributed by atoms with E-state index in [0.29, 0.717) is 12.5 Å². The van der Waals surface area contributed by atoms with Gasteiger partial charge in [0.15, 0.2) is 0 Å². The van der Waals surface area contributed by atoms with Crippen molar-refractivity contribution in [3.8, 4) is 0 Å². The van der Waals surface area contributed by atoms with Crippen molar-refractivity contribution in [3.63, 3.8) is 0 Å². The maximum Gasteiger partial charge on any atom is 0.232 e. The molecule has 0 N–H and O–H groups in total. The molecule has 1 aromatic carbocycles. The Labute approximate surface area is 109 Å². The predicted molar refractivity (Wildman–Crippen MR) is 74.4 cm³/mol. The minimum Gasteiger partial charge on any atom is -0.309 e. The SMILES string of the molecule is CN(C)CC1Cc2ccccc2N(S(C)(=O)=O)C1. The van der Waals surface area contributed by atoms with E-state index in [2.05, 4.69) is 4.90 Å². The second kappa shape index (κ2) is 4.90. The summed E-state index contributed by atoms with van der Waals surface area (Å²) >= 11 is 0. The molecule has 1 aliphatic heterocycles. The van der Waals surface area contributed by atoms with Crippen LogP contribution in [0, 0.1) is 5.92 Å². The standard InChI is InChI=1S/C13H20N2O2S/c1-14(2)9-11-8-12-6-4-5-7-13(12)15(10-11)18(3,16)17/h4-7,11H,8-10H2,1-3H3. The van der Waals surface area contributed by atoms with Gasteiger partial charge in [-0.15, -0.1) is 0 Å². The Hall–Kier alpha value is -1.07. The molecule has 1 atom stereocenters. The monoisotopic (exact) mass is 268 g/mol. The molecule has 0 amide bonds. The van der Waals surface area contributed by atoms with Gasteiger partial charge in [0, 0.05) is 13.1 Å². The van der Waals surface area contributed by atoms with Crippen LogP contribution < -0.4 is 4.31 Å². The third-order valence-corrected chi connectivity index (χ3v) is 4.36. The van der Waals surface area contributed by atoms with Crippen molar-refractivity contribution in [1.29, 1.82) is 0 Å². The molecule has 0 saturated carbocycles. The van der Waals surface area contributed by atoms with Gasteiger partial charge in [0.2, 0.25) is 10.0 Å². The second-order valence-corrected chi connectivity index (χ2v) is 7.16. The summed E-state index contributed by atoms with van der Waals surface area (Å²) in [5.74, 6) is 0.352. The maximum atomic E-state index is 11.9. The van der Waals surface area contributed by atoms with Gasteiger partial charge in [0.1, 0.15) is 0 Å². The van der Waals surface area contributed by atoms with Crippen molar-refractivity contribution in [2.75, 3.05) is 37.7 Å². The van der Waals surface area contributed by atoms with E-state index in [9.17, 15) is 8.42 Å². The van der Waals surface area contributed by atoms with Gasteiger partial charge in [-0.05, 0) is 38.1 Å². The van der Waals surface area contributed by atoms with Crippen LogP contribution in [-0.4, -0.2) is 46.8 Å². The van der Waals surface area contributed by atoms with E-state index >= 15 is 0 Å². The lowest BCUT2D eigenvalue weighted by atomic mass is 9.94. The summed E-state index contributed by atoms with van der Waals surface area (Å²) in [5.41, 5.74) is 1.97. The van der Waals surface area contributed by atoms with E-state index < -0.39 is 10.0 Å². The molecule has 0 radical (unpaired) electrons. The van der Waals surface area contributed by atoms with Crippen molar-refractivity contribution in [2.24, 2.45) is 5.92 Å². The van der Waals surface area contributed by atoms with E-state index in [1.807, 2.05) is 38.4 Å². The first-order valence-corrected chi connectivity index (χ1v) is 7.93. The third kappa shape index (κ3) is 2.84. The summed E-state index contributed by atoms with van der Waals surface area (Å²) in [6, 6.07) is 7.78. The fourth-order valence-corrected chi connectivity index (χ4v) is 3.60. The zero-order chi connectivity index (χ0) is 13.3. The Kier molecular flexibility index (Phi) is 3.64. The van der Waals surface area contributed by atoms with E-state index in [4.69, 9.17) is 0 Å². The molecular weight excluding hydrogens is 248 g/mol. The molecular formula is C13H20N2O2S. The van der Waals surface area contributed by atoms with Crippen LogP contribution in [-0.2, 0) is 16.4 Å². The van der Waals surface area contributed by atoms with Crippen LogP contribution in [0.4, 0.5) is 5.69 Å². The van der Waals surface area contributed by atoms with E-state index in [1.54, 1.807) is 4.31 Å². The average molecular weight is 268 g/mol. The molecule has 0 spiro atoms. The molecule has 0 fully saturated rings. The molecule has 0 aromatic heterocycles. The molecule has 1 aromatic rings. The van der Waals surface area contributed by atoms with E-state index in [0.717, 1.165) is 24.2 Å². The third-order valence-electron chi connectivity index (χ3n) is 3.22. The zero-order valence-electron chi connectivity index (χ0n) is 11.1. The topological polar surface area (TPSA) is 40.6 Å². The predicted octanol–water partition coefficient (Wildman–Crippen LogP) is 1.19. The van der Waals surface area contributed by atoms with Gasteiger partial charge in [-0.3, -0.25) is 4.31 Å². The van der Waals surface area contributed by atoms with Crippen LogP contribution in [0.15, 0.2) is 24.3 Å². The summed E-state index contributed by atoms with van der Waals surface area (Å²) in [4.78, 5) is 2.11. The zero-order valence-corrected chi connectivity index (χ0v) is 11.9. The van der Waals surface area contributed by atoms with Gasteiger partial charge in [-0.2, -0.15) is 0 Å². The molecule has 2 rings (SSSR count). The molecule has 100 valence electrons. The van der Waals surface area contributed by atoms with Gasteiger partial charge in [0.25, 0.3) is 0 Å². The van der Waals surface area contributed by atoms with Gasteiger partial charge < -0.3 is 4.90 Å². The molecule has 5 heteroatoms. The number of hydrogen-bond donors (Lipinski definition) is 0. The number of hydrogen-bond acceptors (Lipinski definition) is 3. The molecule has 0 saturated heterocycles. The summed E-state index contributed by atoms with van der Waals surface area (Å²) in [6.45, 7) is 1.48. The largest absolute Gasteiger partial charge is 0.309 e. The number of sulfonamides is 1. The summed E-state index contributed by atoms with van der Waals surface area (Å²) in [5, 5.41) is 0. The van der Waals surface area contributed by atoms with Crippen LogP contribution in [0.2, 0.25) is 0 Å². The lowest BCUT2D eigenvalue weighted by Crippen LogP contribution is -2.42. The van der Waals surface area contributed by atoms with Gasteiger partial charge in [-0.25, -0.2) is 8.42 Å². The minimum atomic E-state index is -3.19. The van der Waals surface area contributed by atoms with Gasteiger partial charge >= 0.3 is 0 Å². The number of benzene rings is 1.